The summed E-state index contributed by atoms with van der Waals surface area (Å²) in [5.74, 6) is 0.545. The number of hydrogen-bond acceptors (Lipinski definition) is 4. The smallest absolute Gasteiger partial charge is 0.321 e. The number of hydrogen-bond donors (Lipinski definition) is 0. The van der Waals surface area contributed by atoms with Crippen molar-refractivity contribution in [2.45, 2.75) is 27.7 Å². The molecule has 0 bridgehead atoms. The Morgan fingerprint density at radius 3 is 2.37 bits per heavy atom. The maximum Gasteiger partial charge on any atom is 0.321 e. The van der Waals surface area contributed by atoms with E-state index in [-0.39, 0.29) is 11.3 Å². The maximum atomic E-state index is 5.92. The third-order valence-corrected chi connectivity index (χ3v) is 3.11. The highest BCUT2D eigenvalue weighted by Crippen LogP contribution is 2.25. The molecule has 0 aliphatic rings. The number of rotatable bonds is 3. The lowest BCUT2D eigenvalue weighted by Crippen LogP contribution is -2.02. The van der Waals surface area contributed by atoms with Crippen molar-refractivity contribution in [2.75, 3.05) is 6.61 Å². The molecular weight excluding hydrogens is 262 g/mol. The molecular formula is C14H16ClN3O. The number of nitrogens with zero attached hydrogens (tertiary/aromatic N) is 3. The first-order valence-electron chi connectivity index (χ1n) is 6.14. The van der Waals surface area contributed by atoms with Gasteiger partial charge < -0.3 is 4.74 Å². The first-order valence-corrected chi connectivity index (χ1v) is 6.51. The van der Waals surface area contributed by atoms with Crippen LogP contribution in [0.2, 0.25) is 5.28 Å². The standard InChI is InChI=1S/C14H16ClN3O/c1-5-19-14-17-12(16-13(15)18-14)11-7-9(3)8(2)6-10(11)4/h6-7H,5H2,1-4H3. The van der Waals surface area contributed by atoms with Gasteiger partial charge in [-0.15, -0.1) is 0 Å². The molecule has 0 fully saturated rings. The molecule has 0 atom stereocenters. The predicted octanol–water partition coefficient (Wildman–Crippen LogP) is 3.52. The molecule has 2 rings (SSSR count). The summed E-state index contributed by atoms with van der Waals surface area (Å²) in [6.07, 6.45) is 0. The molecule has 5 heteroatoms. The van der Waals surface area contributed by atoms with Gasteiger partial charge in [0.1, 0.15) is 0 Å². The van der Waals surface area contributed by atoms with Gasteiger partial charge in [0.25, 0.3) is 0 Å². The SMILES string of the molecule is CCOc1nc(Cl)nc(-c2cc(C)c(C)cc2C)n1. The molecule has 0 aliphatic heterocycles. The van der Waals surface area contributed by atoms with Gasteiger partial charge in [-0.2, -0.15) is 15.0 Å². The van der Waals surface area contributed by atoms with Crippen LogP contribution in [-0.2, 0) is 0 Å². The monoisotopic (exact) mass is 277 g/mol. The molecule has 1 heterocycles. The van der Waals surface area contributed by atoms with Crippen LogP contribution in [0.25, 0.3) is 11.4 Å². The summed E-state index contributed by atoms with van der Waals surface area (Å²) in [6, 6.07) is 4.43. The van der Waals surface area contributed by atoms with Gasteiger partial charge in [-0.25, -0.2) is 0 Å². The molecule has 0 radical (unpaired) electrons. The lowest BCUT2D eigenvalue weighted by Gasteiger charge is -2.09. The molecule has 0 spiro atoms. The van der Waals surface area contributed by atoms with Crippen LogP contribution in [-0.4, -0.2) is 21.6 Å². The third kappa shape index (κ3) is 3.01. The van der Waals surface area contributed by atoms with Gasteiger partial charge in [0.15, 0.2) is 5.82 Å². The lowest BCUT2D eigenvalue weighted by molar-refractivity contribution is 0.312. The Hall–Kier alpha value is -1.68. The van der Waals surface area contributed by atoms with Crippen LogP contribution < -0.4 is 4.74 Å². The Morgan fingerprint density at radius 1 is 1.00 bits per heavy atom. The molecule has 1 aromatic carbocycles. The summed E-state index contributed by atoms with van der Waals surface area (Å²) in [5, 5.41) is 0.145. The highest BCUT2D eigenvalue weighted by molar-refractivity contribution is 6.28. The van der Waals surface area contributed by atoms with Crippen molar-refractivity contribution in [3.8, 4) is 17.4 Å². The summed E-state index contributed by atoms with van der Waals surface area (Å²) in [5.41, 5.74) is 4.49. The van der Waals surface area contributed by atoms with Gasteiger partial charge >= 0.3 is 6.01 Å². The molecule has 0 unspecified atom stereocenters. The Balaban J connectivity index is 2.55. The van der Waals surface area contributed by atoms with E-state index in [1.807, 2.05) is 13.8 Å². The van der Waals surface area contributed by atoms with Gasteiger partial charge in [-0.05, 0) is 62.1 Å². The van der Waals surface area contributed by atoms with Crippen molar-refractivity contribution in [3.63, 3.8) is 0 Å². The zero-order valence-electron chi connectivity index (χ0n) is 11.5. The second-order valence-corrected chi connectivity index (χ2v) is 4.73. The van der Waals surface area contributed by atoms with Gasteiger partial charge in [0.05, 0.1) is 6.61 Å². The second-order valence-electron chi connectivity index (χ2n) is 4.40. The van der Waals surface area contributed by atoms with Gasteiger partial charge in [0, 0.05) is 5.56 Å². The van der Waals surface area contributed by atoms with Crippen LogP contribution in [0.4, 0.5) is 0 Å². The first kappa shape index (κ1) is 13.7. The number of benzene rings is 1. The van der Waals surface area contributed by atoms with Gasteiger partial charge in [-0.3, -0.25) is 0 Å². The lowest BCUT2D eigenvalue weighted by atomic mass is 10.0. The quantitative estimate of drug-likeness (QED) is 0.861. The summed E-state index contributed by atoms with van der Waals surface area (Å²) in [7, 11) is 0. The summed E-state index contributed by atoms with van der Waals surface area (Å²) in [6.45, 7) is 8.53. The third-order valence-electron chi connectivity index (χ3n) is 2.94. The summed E-state index contributed by atoms with van der Waals surface area (Å²) in [4.78, 5) is 12.4. The molecule has 1 aromatic heterocycles. The Kier molecular flexibility index (Phi) is 4.00. The molecule has 0 saturated carbocycles. The van der Waals surface area contributed by atoms with E-state index in [9.17, 15) is 0 Å². The van der Waals surface area contributed by atoms with E-state index in [2.05, 4.69) is 40.9 Å². The van der Waals surface area contributed by atoms with E-state index in [0.717, 1.165) is 11.1 Å². The van der Waals surface area contributed by atoms with Crippen molar-refractivity contribution in [3.05, 3.63) is 34.1 Å². The Morgan fingerprint density at radius 2 is 1.68 bits per heavy atom. The number of aryl methyl sites for hydroxylation is 3. The summed E-state index contributed by atoms with van der Waals surface area (Å²) < 4.78 is 5.30. The molecule has 0 aliphatic carbocycles. The minimum Gasteiger partial charge on any atom is -0.464 e. The van der Waals surface area contributed by atoms with Crippen LogP contribution >= 0.6 is 11.6 Å². The minimum atomic E-state index is 0.145. The zero-order chi connectivity index (χ0) is 14.0. The topological polar surface area (TPSA) is 47.9 Å². The zero-order valence-corrected chi connectivity index (χ0v) is 12.2. The fourth-order valence-electron chi connectivity index (χ4n) is 1.85. The average molecular weight is 278 g/mol. The van der Waals surface area contributed by atoms with E-state index >= 15 is 0 Å². The minimum absolute atomic E-state index is 0.145. The van der Waals surface area contributed by atoms with Crippen LogP contribution in [0.3, 0.4) is 0 Å². The number of aromatic nitrogens is 3. The van der Waals surface area contributed by atoms with E-state index in [4.69, 9.17) is 16.3 Å². The molecule has 100 valence electrons. The highest BCUT2D eigenvalue weighted by atomic mass is 35.5. The average Bonchev–Trinajstić information content (AvgIpc) is 2.33. The Labute approximate surface area is 117 Å². The molecule has 4 nitrogen and oxygen atoms in total. The maximum absolute atomic E-state index is 5.92. The first-order chi connectivity index (χ1) is 9.01. The van der Waals surface area contributed by atoms with Gasteiger partial charge in [0.2, 0.25) is 5.28 Å². The van der Waals surface area contributed by atoms with Crippen molar-refractivity contribution in [2.24, 2.45) is 0 Å². The number of ether oxygens (including phenoxy) is 1. The van der Waals surface area contributed by atoms with Crippen molar-refractivity contribution < 1.29 is 4.74 Å². The van der Waals surface area contributed by atoms with Crippen LogP contribution in [0, 0.1) is 20.8 Å². The normalized spacial score (nSPS) is 10.6. The van der Waals surface area contributed by atoms with Crippen LogP contribution in [0.5, 0.6) is 6.01 Å². The van der Waals surface area contributed by atoms with Crippen molar-refractivity contribution >= 4 is 11.6 Å². The van der Waals surface area contributed by atoms with Gasteiger partial charge in [-0.1, -0.05) is 6.07 Å². The summed E-state index contributed by atoms with van der Waals surface area (Å²) >= 11 is 5.92. The molecule has 0 N–H and O–H groups in total. The van der Waals surface area contributed by atoms with E-state index < -0.39 is 0 Å². The van der Waals surface area contributed by atoms with E-state index in [1.165, 1.54) is 11.1 Å². The molecule has 0 amide bonds. The fourth-order valence-corrected chi connectivity index (χ4v) is 2.00. The van der Waals surface area contributed by atoms with Crippen molar-refractivity contribution in [1.82, 2.24) is 15.0 Å². The Bertz CT molecular complexity index is 614. The van der Waals surface area contributed by atoms with Crippen LogP contribution in [0.1, 0.15) is 23.6 Å². The second kappa shape index (κ2) is 5.53. The van der Waals surface area contributed by atoms with E-state index in [0.29, 0.717) is 12.4 Å². The highest BCUT2D eigenvalue weighted by Gasteiger charge is 2.11. The molecule has 0 saturated heterocycles. The molecule has 19 heavy (non-hydrogen) atoms. The largest absolute Gasteiger partial charge is 0.464 e. The predicted molar refractivity (Wildman–Crippen MR) is 75.7 cm³/mol. The van der Waals surface area contributed by atoms with Crippen LogP contribution in [0.15, 0.2) is 12.1 Å². The molecule has 2 aromatic rings. The number of halogens is 1. The van der Waals surface area contributed by atoms with Crippen molar-refractivity contribution in [1.29, 1.82) is 0 Å². The fraction of sp³-hybridized carbons (Fsp3) is 0.357. The van der Waals surface area contributed by atoms with E-state index in [1.54, 1.807) is 0 Å².